The van der Waals surface area contributed by atoms with Gasteiger partial charge >= 0.3 is 0 Å². The number of fused-ring (bicyclic) bond motifs is 7. The molecule has 0 amide bonds. The van der Waals surface area contributed by atoms with Crippen LogP contribution in [0.1, 0.15) is 43.6 Å². The van der Waals surface area contributed by atoms with Crippen molar-refractivity contribution in [2.45, 2.75) is 38.0 Å². The molecule has 10 aromatic rings. The first-order valence-electron chi connectivity index (χ1n) is 19.6. The van der Waals surface area contributed by atoms with Crippen molar-refractivity contribution in [3.05, 3.63) is 175 Å². The smallest absolute Gasteiger partial charge is 0.159 e. The number of nitrogens with zero attached hydrogens (tertiary/aromatic N) is 1. The third kappa shape index (κ3) is 5.53. The van der Waals surface area contributed by atoms with E-state index in [-0.39, 0.29) is 0 Å². The molecule has 0 unspecified atom stereocenters. The first kappa shape index (κ1) is 32.3. The van der Waals surface area contributed by atoms with Crippen LogP contribution in [-0.2, 0) is 0 Å². The fraction of sp³-hybridized carbons (Fsp3) is 0.115. The Morgan fingerprint density at radius 1 is 0.455 bits per heavy atom. The molecule has 264 valence electrons. The summed E-state index contributed by atoms with van der Waals surface area (Å²) >= 11 is 1.87. The van der Waals surface area contributed by atoms with Crippen LogP contribution in [0.25, 0.3) is 75.1 Å². The molecular weight excluding hydrogens is 687 g/mol. The molecule has 11 rings (SSSR count). The minimum Gasteiger partial charge on any atom is -0.454 e. The van der Waals surface area contributed by atoms with Gasteiger partial charge in [0.1, 0.15) is 5.58 Å². The summed E-state index contributed by atoms with van der Waals surface area (Å²) in [5.41, 5.74) is 11.4. The van der Waals surface area contributed by atoms with Gasteiger partial charge in [0.2, 0.25) is 0 Å². The maximum absolute atomic E-state index is 7.05. The van der Waals surface area contributed by atoms with Crippen LogP contribution >= 0.6 is 11.3 Å². The van der Waals surface area contributed by atoms with Crippen LogP contribution in [0.3, 0.4) is 0 Å². The van der Waals surface area contributed by atoms with Gasteiger partial charge in [-0.2, -0.15) is 0 Å². The Labute approximate surface area is 324 Å². The summed E-state index contributed by atoms with van der Waals surface area (Å²) in [4.78, 5) is 2.37. The lowest BCUT2D eigenvalue weighted by Gasteiger charge is -2.26. The first-order valence-corrected chi connectivity index (χ1v) is 20.4. The van der Waals surface area contributed by atoms with E-state index in [2.05, 4.69) is 175 Å². The van der Waals surface area contributed by atoms with Crippen molar-refractivity contribution in [1.82, 2.24) is 0 Å². The molecule has 55 heavy (non-hydrogen) atoms. The molecule has 0 saturated heterocycles. The van der Waals surface area contributed by atoms with Gasteiger partial charge in [-0.1, -0.05) is 147 Å². The highest BCUT2D eigenvalue weighted by Crippen LogP contribution is 2.46. The molecule has 3 heteroatoms. The molecule has 2 nitrogen and oxygen atoms in total. The average Bonchev–Trinajstić information content (AvgIpc) is 3.83. The predicted octanol–water partition coefficient (Wildman–Crippen LogP) is 16.0. The van der Waals surface area contributed by atoms with E-state index in [9.17, 15) is 0 Å². The van der Waals surface area contributed by atoms with Crippen LogP contribution < -0.4 is 4.90 Å². The summed E-state index contributed by atoms with van der Waals surface area (Å²) in [5, 5.41) is 7.54. The standard InChI is InChI=1S/C52H39NOS/c1-2-11-36(12-3-1)43-18-9-19-46-47-20-10-21-48(52(47)54-51(43)46)53(40-30-25-37(26-31-40)42-17-8-14-35-13-4-5-15-41(35)42)39-28-23-34(24-29-39)38-27-32-45-44-16-6-7-22-49(44)55-50(45)33-38/h4-10,13-33,36H,1-3,11-12H2. The third-order valence-corrected chi connectivity index (χ3v) is 13.0. The molecule has 0 bridgehead atoms. The zero-order valence-corrected chi connectivity index (χ0v) is 31.4. The van der Waals surface area contributed by atoms with Crippen LogP contribution in [-0.4, -0.2) is 0 Å². The number of furan rings is 1. The van der Waals surface area contributed by atoms with E-state index in [1.54, 1.807) is 0 Å². The lowest BCUT2D eigenvalue weighted by Crippen LogP contribution is -2.10. The van der Waals surface area contributed by atoms with E-state index in [1.165, 1.54) is 96.3 Å². The second-order valence-electron chi connectivity index (χ2n) is 15.1. The Morgan fingerprint density at radius 3 is 1.89 bits per heavy atom. The van der Waals surface area contributed by atoms with E-state index >= 15 is 0 Å². The lowest BCUT2D eigenvalue weighted by molar-refractivity contribution is 0.442. The van der Waals surface area contributed by atoms with Gasteiger partial charge in [0.05, 0.1) is 5.69 Å². The Balaban J connectivity index is 1.04. The van der Waals surface area contributed by atoms with Crippen molar-refractivity contribution in [2.24, 2.45) is 0 Å². The van der Waals surface area contributed by atoms with E-state index in [0.717, 1.165) is 33.6 Å². The summed E-state index contributed by atoms with van der Waals surface area (Å²) < 4.78 is 9.70. The van der Waals surface area contributed by atoms with E-state index in [0.29, 0.717) is 5.92 Å². The summed E-state index contributed by atoms with van der Waals surface area (Å²) in [5.74, 6) is 0.554. The van der Waals surface area contributed by atoms with Crippen LogP contribution in [0.15, 0.2) is 174 Å². The minimum atomic E-state index is 0.554. The average molecular weight is 726 g/mol. The Bertz CT molecular complexity index is 3010. The summed E-state index contributed by atoms with van der Waals surface area (Å²) in [6.07, 6.45) is 6.40. The second-order valence-corrected chi connectivity index (χ2v) is 16.2. The van der Waals surface area contributed by atoms with E-state index < -0.39 is 0 Å². The zero-order chi connectivity index (χ0) is 36.3. The molecule has 1 aliphatic rings. The van der Waals surface area contributed by atoms with Crippen molar-refractivity contribution < 1.29 is 4.42 Å². The van der Waals surface area contributed by atoms with Gasteiger partial charge in [-0.25, -0.2) is 0 Å². The van der Waals surface area contributed by atoms with Gasteiger partial charge in [-0.3, -0.25) is 0 Å². The predicted molar refractivity (Wildman–Crippen MR) is 235 cm³/mol. The molecule has 0 N–H and O–H groups in total. The van der Waals surface area contributed by atoms with Gasteiger partial charge in [-0.05, 0) is 99.8 Å². The number of hydrogen-bond donors (Lipinski definition) is 0. The van der Waals surface area contributed by atoms with Crippen LogP contribution in [0, 0.1) is 0 Å². The van der Waals surface area contributed by atoms with Crippen molar-refractivity contribution >= 4 is 81.3 Å². The molecule has 1 aliphatic carbocycles. The molecular formula is C52H39NOS. The van der Waals surface area contributed by atoms with Crippen molar-refractivity contribution in [2.75, 3.05) is 4.90 Å². The molecule has 1 fully saturated rings. The molecule has 2 heterocycles. The van der Waals surface area contributed by atoms with Gasteiger partial charge < -0.3 is 9.32 Å². The number of rotatable bonds is 6. The maximum Gasteiger partial charge on any atom is 0.159 e. The molecule has 1 saturated carbocycles. The van der Waals surface area contributed by atoms with E-state index in [4.69, 9.17) is 4.42 Å². The maximum atomic E-state index is 7.05. The number of hydrogen-bond acceptors (Lipinski definition) is 3. The summed E-state index contributed by atoms with van der Waals surface area (Å²) in [7, 11) is 0. The van der Waals surface area contributed by atoms with Gasteiger partial charge in [0.25, 0.3) is 0 Å². The highest BCUT2D eigenvalue weighted by atomic mass is 32.1. The van der Waals surface area contributed by atoms with Gasteiger partial charge in [-0.15, -0.1) is 11.3 Å². The van der Waals surface area contributed by atoms with Gasteiger partial charge in [0.15, 0.2) is 5.58 Å². The molecule has 0 spiro atoms. The fourth-order valence-corrected chi connectivity index (χ4v) is 10.3. The lowest BCUT2D eigenvalue weighted by atomic mass is 9.83. The fourth-order valence-electron chi connectivity index (χ4n) is 9.14. The largest absolute Gasteiger partial charge is 0.454 e. The Morgan fingerprint density at radius 2 is 1.07 bits per heavy atom. The SMILES string of the molecule is c1ccc2c(-c3ccc(N(c4ccc(-c5ccc6c(c5)sc5ccccc56)cc4)c4cccc5c4oc4c(C6CCCCC6)cccc45)cc3)cccc2c1. The topological polar surface area (TPSA) is 16.4 Å². The monoisotopic (exact) mass is 725 g/mol. The zero-order valence-electron chi connectivity index (χ0n) is 30.5. The van der Waals surface area contributed by atoms with Gasteiger partial charge in [0, 0.05) is 42.3 Å². The Kier molecular flexibility index (Phi) is 7.81. The van der Waals surface area contributed by atoms with Crippen molar-refractivity contribution in [3.8, 4) is 22.3 Å². The quantitative estimate of drug-likeness (QED) is 0.170. The summed E-state index contributed by atoms with van der Waals surface area (Å²) in [6, 6.07) is 62.3. The summed E-state index contributed by atoms with van der Waals surface area (Å²) in [6.45, 7) is 0. The van der Waals surface area contributed by atoms with Crippen molar-refractivity contribution in [3.63, 3.8) is 0 Å². The Hall–Kier alpha value is -6.16. The second kappa shape index (κ2) is 13.3. The van der Waals surface area contributed by atoms with Crippen LogP contribution in [0.2, 0.25) is 0 Å². The number of anilines is 3. The molecule has 0 aliphatic heterocycles. The highest BCUT2D eigenvalue weighted by Gasteiger charge is 2.24. The van der Waals surface area contributed by atoms with Crippen molar-refractivity contribution in [1.29, 1.82) is 0 Å². The number of thiophene rings is 1. The third-order valence-electron chi connectivity index (χ3n) is 11.9. The molecule has 0 radical (unpaired) electrons. The molecule has 0 atom stereocenters. The van der Waals surface area contributed by atoms with Crippen LogP contribution in [0.5, 0.6) is 0 Å². The minimum absolute atomic E-state index is 0.554. The number of benzene rings is 8. The molecule has 2 aromatic heterocycles. The first-order chi connectivity index (χ1) is 27.3. The normalized spacial score (nSPS) is 13.7. The highest BCUT2D eigenvalue weighted by molar-refractivity contribution is 7.25. The molecule has 8 aromatic carbocycles. The van der Waals surface area contributed by atoms with Crippen LogP contribution in [0.4, 0.5) is 17.1 Å². The van der Waals surface area contributed by atoms with E-state index in [1.807, 2.05) is 11.3 Å². The number of para-hydroxylation sites is 2.